The van der Waals surface area contributed by atoms with Gasteiger partial charge in [-0.1, -0.05) is 42.0 Å². The van der Waals surface area contributed by atoms with Crippen LogP contribution in [0, 0.1) is 6.92 Å². The van der Waals surface area contributed by atoms with Crippen LogP contribution in [0.15, 0.2) is 83.1 Å². The standard InChI is InChI=1S/C27H22N2O3/c1-17-5-2-7-20(15-17)26(30)29-24(16-21-8-4-14-32-21)27(31)28-23-13-12-19-11-10-18-6-3-9-22(23)25(18)19/h2-9,12-16H,10-11H2,1H3,(H,28,31)(H,29,30)/b24-16-. The third-order valence-electron chi connectivity index (χ3n) is 5.73. The molecule has 0 spiro atoms. The van der Waals surface area contributed by atoms with Crippen LogP contribution in [0.5, 0.6) is 0 Å². The van der Waals surface area contributed by atoms with Gasteiger partial charge in [0.25, 0.3) is 11.8 Å². The molecule has 4 aromatic rings. The maximum absolute atomic E-state index is 13.3. The van der Waals surface area contributed by atoms with Gasteiger partial charge in [0, 0.05) is 22.7 Å². The minimum Gasteiger partial charge on any atom is -0.465 e. The molecule has 2 amide bonds. The monoisotopic (exact) mass is 422 g/mol. The molecular formula is C27H22N2O3. The summed E-state index contributed by atoms with van der Waals surface area (Å²) in [5, 5.41) is 7.96. The Balaban J connectivity index is 1.47. The summed E-state index contributed by atoms with van der Waals surface area (Å²) in [7, 11) is 0. The van der Waals surface area contributed by atoms with Crippen molar-refractivity contribution >= 4 is 34.4 Å². The number of benzene rings is 3. The Bertz CT molecular complexity index is 1360. The van der Waals surface area contributed by atoms with Crippen LogP contribution < -0.4 is 10.6 Å². The van der Waals surface area contributed by atoms with Gasteiger partial charge in [-0.3, -0.25) is 9.59 Å². The Morgan fingerprint density at radius 1 is 0.938 bits per heavy atom. The number of hydrogen-bond acceptors (Lipinski definition) is 3. The minimum atomic E-state index is -0.416. The molecule has 0 fully saturated rings. The zero-order valence-corrected chi connectivity index (χ0v) is 17.6. The summed E-state index contributed by atoms with van der Waals surface area (Å²) < 4.78 is 5.37. The van der Waals surface area contributed by atoms with E-state index in [0.29, 0.717) is 17.0 Å². The van der Waals surface area contributed by atoms with E-state index in [1.807, 2.05) is 37.3 Å². The summed E-state index contributed by atoms with van der Waals surface area (Å²) >= 11 is 0. The summed E-state index contributed by atoms with van der Waals surface area (Å²) in [5.41, 5.74) is 4.86. The number of aryl methyl sites for hydroxylation is 3. The maximum Gasteiger partial charge on any atom is 0.272 e. The smallest absolute Gasteiger partial charge is 0.272 e. The molecule has 1 aliphatic rings. The van der Waals surface area contributed by atoms with Crippen molar-refractivity contribution in [1.29, 1.82) is 0 Å². The Labute approximate surface area is 185 Å². The van der Waals surface area contributed by atoms with Crippen molar-refractivity contribution in [2.45, 2.75) is 19.8 Å². The van der Waals surface area contributed by atoms with Crippen LogP contribution in [-0.4, -0.2) is 11.8 Å². The van der Waals surface area contributed by atoms with E-state index in [9.17, 15) is 9.59 Å². The lowest BCUT2D eigenvalue weighted by Crippen LogP contribution is -2.30. The van der Waals surface area contributed by atoms with Gasteiger partial charge in [-0.15, -0.1) is 0 Å². The van der Waals surface area contributed by atoms with E-state index in [-0.39, 0.29) is 11.6 Å². The van der Waals surface area contributed by atoms with E-state index >= 15 is 0 Å². The lowest BCUT2D eigenvalue weighted by molar-refractivity contribution is -0.113. The summed E-state index contributed by atoms with van der Waals surface area (Å²) in [5.74, 6) is -0.303. The quantitative estimate of drug-likeness (QED) is 0.432. The first-order valence-corrected chi connectivity index (χ1v) is 10.6. The van der Waals surface area contributed by atoms with Crippen molar-refractivity contribution < 1.29 is 14.0 Å². The number of anilines is 1. The van der Waals surface area contributed by atoms with Crippen molar-refractivity contribution in [3.8, 4) is 0 Å². The zero-order valence-electron chi connectivity index (χ0n) is 17.6. The highest BCUT2D eigenvalue weighted by Gasteiger charge is 2.19. The Kier molecular flexibility index (Phi) is 5.07. The fraction of sp³-hybridized carbons (Fsp3) is 0.111. The van der Waals surface area contributed by atoms with Gasteiger partial charge in [-0.05, 0) is 66.6 Å². The van der Waals surface area contributed by atoms with Crippen LogP contribution in [0.4, 0.5) is 5.69 Å². The molecule has 32 heavy (non-hydrogen) atoms. The fourth-order valence-electron chi connectivity index (χ4n) is 4.20. The van der Waals surface area contributed by atoms with Crippen molar-refractivity contribution in [3.05, 3.63) is 107 Å². The molecular weight excluding hydrogens is 400 g/mol. The molecule has 0 bridgehead atoms. The third kappa shape index (κ3) is 3.81. The summed E-state index contributed by atoms with van der Waals surface area (Å²) in [6, 6.07) is 20.8. The molecule has 1 aromatic heterocycles. The number of carbonyl (C=O) groups is 2. The minimum absolute atomic E-state index is 0.106. The first kappa shape index (κ1) is 19.8. The van der Waals surface area contributed by atoms with E-state index < -0.39 is 5.91 Å². The van der Waals surface area contributed by atoms with Gasteiger partial charge >= 0.3 is 0 Å². The molecule has 0 radical (unpaired) electrons. The average Bonchev–Trinajstić information content (AvgIpc) is 3.46. The van der Waals surface area contributed by atoms with Crippen LogP contribution in [0.1, 0.15) is 32.8 Å². The second kappa shape index (κ2) is 8.19. The molecule has 0 atom stereocenters. The van der Waals surface area contributed by atoms with Crippen molar-refractivity contribution in [2.75, 3.05) is 5.32 Å². The van der Waals surface area contributed by atoms with E-state index in [2.05, 4.69) is 22.8 Å². The molecule has 5 heteroatoms. The van der Waals surface area contributed by atoms with Gasteiger partial charge in [0.15, 0.2) is 0 Å². The number of furan rings is 1. The maximum atomic E-state index is 13.3. The molecule has 3 aromatic carbocycles. The molecule has 0 unspecified atom stereocenters. The summed E-state index contributed by atoms with van der Waals surface area (Å²) in [6.45, 7) is 1.92. The molecule has 2 N–H and O–H groups in total. The second-order valence-electron chi connectivity index (χ2n) is 7.96. The average molecular weight is 422 g/mol. The lowest BCUT2D eigenvalue weighted by atomic mass is 10.0. The number of nitrogens with one attached hydrogen (secondary N) is 2. The van der Waals surface area contributed by atoms with Gasteiger partial charge in [-0.25, -0.2) is 0 Å². The van der Waals surface area contributed by atoms with Gasteiger partial charge in [-0.2, -0.15) is 0 Å². The second-order valence-corrected chi connectivity index (χ2v) is 7.96. The molecule has 1 heterocycles. The lowest BCUT2D eigenvalue weighted by Gasteiger charge is -2.13. The predicted molar refractivity (Wildman–Crippen MR) is 125 cm³/mol. The van der Waals surface area contributed by atoms with Crippen molar-refractivity contribution in [3.63, 3.8) is 0 Å². The van der Waals surface area contributed by atoms with Crippen LogP contribution in [0.3, 0.4) is 0 Å². The SMILES string of the molecule is Cc1cccc(C(=O)N/C(=C\c2ccco2)C(=O)Nc2ccc3c4c(cccc24)CC3)c1. The van der Waals surface area contributed by atoms with E-state index in [4.69, 9.17) is 4.42 Å². The molecule has 158 valence electrons. The molecule has 5 rings (SSSR count). The molecule has 0 aliphatic heterocycles. The van der Waals surface area contributed by atoms with Crippen LogP contribution in [0.25, 0.3) is 16.8 Å². The number of amides is 2. The highest BCUT2D eigenvalue weighted by atomic mass is 16.3. The van der Waals surface area contributed by atoms with Gasteiger partial charge in [0.05, 0.1) is 6.26 Å². The first-order valence-electron chi connectivity index (χ1n) is 10.6. The number of rotatable bonds is 5. The molecule has 0 saturated heterocycles. The molecule has 5 nitrogen and oxygen atoms in total. The van der Waals surface area contributed by atoms with E-state index in [1.165, 1.54) is 28.9 Å². The predicted octanol–water partition coefficient (Wildman–Crippen LogP) is 5.25. The van der Waals surface area contributed by atoms with Crippen LogP contribution >= 0.6 is 0 Å². The van der Waals surface area contributed by atoms with E-state index in [1.54, 1.807) is 24.3 Å². The normalized spacial score (nSPS) is 12.7. The Morgan fingerprint density at radius 2 is 1.75 bits per heavy atom. The highest BCUT2D eigenvalue weighted by Crippen LogP contribution is 2.35. The van der Waals surface area contributed by atoms with Gasteiger partial charge in [0.2, 0.25) is 0 Å². The molecule has 1 aliphatic carbocycles. The van der Waals surface area contributed by atoms with Crippen LogP contribution in [0.2, 0.25) is 0 Å². The van der Waals surface area contributed by atoms with Crippen molar-refractivity contribution in [1.82, 2.24) is 5.32 Å². The van der Waals surface area contributed by atoms with E-state index in [0.717, 1.165) is 23.8 Å². The van der Waals surface area contributed by atoms with Crippen LogP contribution in [-0.2, 0) is 17.6 Å². The number of hydrogen-bond donors (Lipinski definition) is 2. The number of carbonyl (C=O) groups excluding carboxylic acids is 2. The fourth-order valence-corrected chi connectivity index (χ4v) is 4.20. The van der Waals surface area contributed by atoms with Crippen molar-refractivity contribution in [2.24, 2.45) is 0 Å². The van der Waals surface area contributed by atoms with Gasteiger partial charge in [0.1, 0.15) is 11.5 Å². The summed E-state index contributed by atoms with van der Waals surface area (Å²) in [4.78, 5) is 26.1. The Morgan fingerprint density at radius 3 is 2.53 bits per heavy atom. The Hall–Kier alpha value is -4.12. The third-order valence-corrected chi connectivity index (χ3v) is 5.73. The zero-order chi connectivity index (χ0) is 22.1. The highest BCUT2D eigenvalue weighted by molar-refractivity contribution is 6.14. The topological polar surface area (TPSA) is 71.3 Å². The first-order chi connectivity index (χ1) is 15.6. The van der Waals surface area contributed by atoms with Gasteiger partial charge < -0.3 is 15.1 Å². The summed E-state index contributed by atoms with van der Waals surface area (Å²) in [6.07, 6.45) is 5.08. The largest absolute Gasteiger partial charge is 0.465 e. The molecule has 0 saturated carbocycles.